The van der Waals surface area contributed by atoms with Crippen molar-refractivity contribution in [3.05, 3.63) is 11.6 Å². The summed E-state index contributed by atoms with van der Waals surface area (Å²) in [5, 5.41) is 0. The zero-order valence-electron chi connectivity index (χ0n) is 14.5. The number of carbonyl (C=O) groups is 1. The number of allylic oxidation sites excluding steroid dienone is 1. The van der Waals surface area contributed by atoms with Crippen LogP contribution in [0.5, 0.6) is 0 Å². The molecule has 3 heteroatoms. The lowest BCUT2D eigenvalue weighted by Crippen LogP contribution is -2.52. The zero-order valence-corrected chi connectivity index (χ0v) is 14.5. The molecule has 0 aromatic carbocycles. The lowest BCUT2D eigenvalue weighted by molar-refractivity contribution is -0.147. The van der Waals surface area contributed by atoms with E-state index in [1.54, 1.807) is 0 Å². The van der Waals surface area contributed by atoms with Crippen LogP contribution in [-0.4, -0.2) is 48.4 Å². The smallest absolute Gasteiger partial charge is 0.230 e. The summed E-state index contributed by atoms with van der Waals surface area (Å²) < 4.78 is 0. The highest BCUT2D eigenvalue weighted by Gasteiger charge is 2.48. The Bertz CT molecular complexity index is 421. The summed E-state index contributed by atoms with van der Waals surface area (Å²) in [6.45, 7) is 15.8. The number of hydrogen-bond donors (Lipinski definition) is 0. The van der Waals surface area contributed by atoms with E-state index in [0.717, 1.165) is 52.0 Å². The Balaban J connectivity index is 2.04. The number of carbonyl (C=O) groups excluding carboxylic acids is 1. The Morgan fingerprint density at radius 2 is 2.00 bits per heavy atom. The van der Waals surface area contributed by atoms with Gasteiger partial charge in [-0.25, -0.2) is 0 Å². The highest BCUT2D eigenvalue weighted by Crippen LogP contribution is 2.40. The Morgan fingerprint density at radius 3 is 2.62 bits per heavy atom. The van der Waals surface area contributed by atoms with Crippen molar-refractivity contribution < 1.29 is 4.79 Å². The lowest BCUT2D eigenvalue weighted by atomic mass is 9.77. The molecule has 0 aliphatic carbocycles. The first-order chi connectivity index (χ1) is 9.76. The van der Waals surface area contributed by atoms with Gasteiger partial charge in [0.1, 0.15) is 0 Å². The van der Waals surface area contributed by atoms with Gasteiger partial charge in [-0.1, -0.05) is 32.4 Å². The van der Waals surface area contributed by atoms with E-state index < -0.39 is 0 Å². The quantitative estimate of drug-likeness (QED) is 0.745. The fourth-order valence-corrected chi connectivity index (χ4v) is 3.79. The molecule has 21 heavy (non-hydrogen) atoms. The highest BCUT2D eigenvalue weighted by atomic mass is 16.2. The molecule has 0 aromatic heterocycles. The van der Waals surface area contributed by atoms with Crippen LogP contribution in [0.25, 0.3) is 0 Å². The molecule has 0 unspecified atom stereocenters. The molecular formula is C18H32N2O. The number of piperidine rings is 1. The van der Waals surface area contributed by atoms with Crippen LogP contribution >= 0.6 is 0 Å². The second-order valence-corrected chi connectivity index (χ2v) is 8.27. The number of likely N-dealkylation sites (tertiary alicyclic amines) is 2. The minimum atomic E-state index is -0.0858. The SMILES string of the molecule is C/C=C(\C)CN1CC[C@]2(CCCN(CC(C)(C)C)C2=O)C1. The van der Waals surface area contributed by atoms with Crippen LogP contribution in [0.3, 0.4) is 0 Å². The summed E-state index contributed by atoms with van der Waals surface area (Å²) in [6.07, 6.45) is 5.47. The van der Waals surface area contributed by atoms with Gasteiger partial charge in [0.15, 0.2) is 0 Å². The van der Waals surface area contributed by atoms with Crippen LogP contribution in [0.4, 0.5) is 0 Å². The summed E-state index contributed by atoms with van der Waals surface area (Å²) in [5.74, 6) is 0.421. The molecule has 3 nitrogen and oxygen atoms in total. The average molecular weight is 292 g/mol. The van der Waals surface area contributed by atoms with Gasteiger partial charge in [0.05, 0.1) is 5.41 Å². The summed E-state index contributed by atoms with van der Waals surface area (Å²) in [4.78, 5) is 17.6. The van der Waals surface area contributed by atoms with Gasteiger partial charge < -0.3 is 4.90 Å². The van der Waals surface area contributed by atoms with Crippen LogP contribution in [0.1, 0.15) is 53.9 Å². The molecule has 2 saturated heterocycles. The summed E-state index contributed by atoms with van der Waals surface area (Å²) in [6, 6.07) is 0. The van der Waals surface area contributed by atoms with Gasteiger partial charge in [0.2, 0.25) is 5.91 Å². The van der Waals surface area contributed by atoms with Crippen molar-refractivity contribution in [2.24, 2.45) is 10.8 Å². The summed E-state index contributed by atoms with van der Waals surface area (Å²) in [5.41, 5.74) is 1.51. The van der Waals surface area contributed by atoms with Crippen molar-refractivity contribution in [2.45, 2.75) is 53.9 Å². The first kappa shape index (κ1) is 16.5. The van der Waals surface area contributed by atoms with Crippen LogP contribution in [0.2, 0.25) is 0 Å². The molecule has 2 heterocycles. The first-order valence-electron chi connectivity index (χ1n) is 8.39. The molecule has 1 amide bonds. The number of amides is 1. The minimum absolute atomic E-state index is 0.0858. The third kappa shape index (κ3) is 3.88. The van der Waals surface area contributed by atoms with Crippen molar-refractivity contribution in [2.75, 3.05) is 32.7 Å². The topological polar surface area (TPSA) is 23.6 Å². The van der Waals surface area contributed by atoms with Crippen LogP contribution in [0, 0.1) is 10.8 Å². The fraction of sp³-hybridized carbons (Fsp3) is 0.833. The third-order valence-corrected chi connectivity index (χ3v) is 4.89. The predicted octanol–water partition coefficient (Wildman–Crippen LogP) is 3.31. The maximum Gasteiger partial charge on any atom is 0.230 e. The highest BCUT2D eigenvalue weighted by molar-refractivity contribution is 5.84. The number of hydrogen-bond acceptors (Lipinski definition) is 2. The first-order valence-corrected chi connectivity index (χ1v) is 8.39. The average Bonchev–Trinajstić information content (AvgIpc) is 2.78. The molecule has 2 aliphatic rings. The van der Waals surface area contributed by atoms with Crippen LogP contribution in [-0.2, 0) is 4.79 Å². The molecule has 1 atom stereocenters. The van der Waals surface area contributed by atoms with E-state index in [1.807, 2.05) is 0 Å². The van der Waals surface area contributed by atoms with Gasteiger partial charge in [-0.05, 0) is 45.1 Å². The van der Waals surface area contributed by atoms with Gasteiger partial charge in [0, 0.05) is 26.2 Å². The van der Waals surface area contributed by atoms with E-state index in [9.17, 15) is 4.79 Å². The molecule has 2 rings (SSSR count). The Hall–Kier alpha value is -0.830. The Kier molecular flexibility index (Phi) is 4.82. The molecule has 0 aromatic rings. The molecule has 1 spiro atoms. The van der Waals surface area contributed by atoms with Crippen molar-refractivity contribution in [1.82, 2.24) is 9.80 Å². The molecule has 0 radical (unpaired) electrons. The van der Waals surface area contributed by atoms with Crippen LogP contribution in [0.15, 0.2) is 11.6 Å². The fourth-order valence-electron chi connectivity index (χ4n) is 3.79. The normalized spacial score (nSPS) is 28.7. The standard InChI is InChI=1S/C18H32N2O/c1-6-15(2)12-19-11-9-18(14-19)8-7-10-20(16(18)21)13-17(3,4)5/h6H,7-14H2,1-5H3/b15-6+/t18-/m1/s1. The maximum atomic E-state index is 13.0. The van der Waals surface area contributed by atoms with Crippen molar-refractivity contribution >= 4 is 5.91 Å². The summed E-state index contributed by atoms with van der Waals surface area (Å²) >= 11 is 0. The van der Waals surface area contributed by atoms with Gasteiger partial charge in [-0.15, -0.1) is 0 Å². The van der Waals surface area contributed by atoms with E-state index in [4.69, 9.17) is 0 Å². The second-order valence-electron chi connectivity index (χ2n) is 8.27. The molecule has 0 saturated carbocycles. The largest absolute Gasteiger partial charge is 0.342 e. The molecule has 120 valence electrons. The molecule has 0 N–H and O–H groups in total. The van der Waals surface area contributed by atoms with E-state index in [1.165, 1.54) is 5.57 Å². The van der Waals surface area contributed by atoms with Gasteiger partial charge >= 0.3 is 0 Å². The lowest BCUT2D eigenvalue weighted by Gasteiger charge is -2.42. The van der Waals surface area contributed by atoms with Crippen molar-refractivity contribution in [3.8, 4) is 0 Å². The molecular weight excluding hydrogens is 260 g/mol. The maximum absolute atomic E-state index is 13.0. The van der Waals surface area contributed by atoms with E-state index in [0.29, 0.717) is 5.91 Å². The zero-order chi connectivity index (χ0) is 15.7. The second kappa shape index (κ2) is 6.12. The monoisotopic (exact) mass is 292 g/mol. The van der Waals surface area contributed by atoms with Gasteiger partial charge in [-0.3, -0.25) is 9.69 Å². The van der Waals surface area contributed by atoms with Crippen molar-refractivity contribution in [3.63, 3.8) is 0 Å². The predicted molar refractivity (Wildman–Crippen MR) is 88.2 cm³/mol. The van der Waals surface area contributed by atoms with Crippen LogP contribution < -0.4 is 0 Å². The molecule has 2 aliphatic heterocycles. The van der Waals surface area contributed by atoms with Gasteiger partial charge in [-0.2, -0.15) is 0 Å². The molecule has 2 fully saturated rings. The van der Waals surface area contributed by atoms with Gasteiger partial charge in [0.25, 0.3) is 0 Å². The molecule has 0 bridgehead atoms. The Morgan fingerprint density at radius 1 is 1.29 bits per heavy atom. The number of nitrogens with zero attached hydrogens (tertiary/aromatic N) is 2. The van der Waals surface area contributed by atoms with E-state index >= 15 is 0 Å². The summed E-state index contributed by atoms with van der Waals surface area (Å²) in [7, 11) is 0. The third-order valence-electron chi connectivity index (χ3n) is 4.89. The van der Waals surface area contributed by atoms with E-state index in [2.05, 4.69) is 50.5 Å². The Labute approximate surface area is 130 Å². The number of rotatable bonds is 3. The van der Waals surface area contributed by atoms with E-state index in [-0.39, 0.29) is 10.8 Å². The minimum Gasteiger partial charge on any atom is -0.342 e. The van der Waals surface area contributed by atoms with Crippen molar-refractivity contribution in [1.29, 1.82) is 0 Å².